The minimum atomic E-state index is -0.439. The smallest absolute Gasteiger partial charge is 0.251 e. The molecule has 2 rings (SSSR count). The van der Waals surface area contributed by atoms with Gasteiger partial charge in [-0.3, -0.25) is 9.59 Å². The van der Waals surface area contributed by atoms with Crippen molar-refractivity contribution in [2.45, 2.75) is 45.1 Å². The zero-order valence-electron chi connectivity index (χ0n) is 13.8. The summed E-state index contributed by atoms with van der Waals surface area (Å²) in [6, 6.07) is 9.02. The maximum Gasteiger partial charge on any atom is 0.251 e. The summed E-state index contributed by atoms with van der Waals surface area (Å²) in [4.78, 5) is 23.8. The highest BCUT2D eigenvalue weighted by atomic mass is 16.2. The van der Waals surface area contributed by atoms with E-state index < -0.39 is 6.04 Å². The highest BCUT2D eigenvalue weighted by Crippen LogP contribution is 2.32. The summed E-state index contributed by atoms with van der Waals surface area (Å²) in [5.41, 5.74) is 1.70. The van der Waals surface area contributed by atoms with Crippen molar-refractivity contribution in [1.82, 2.24) is 10.6 Å². The molecule has 0 aromatic heterocycles. The summed E-state index contributed by atoms with van der Waals surface area (Å²) >= 11 is 0. The standard InChI is InChI=1S/C18H23N3O2/c1-18(2,3)14-8-6-13(7-9-14)17(23)20-11-16(22)21-15(10-19)12-4-5-12/h6-9,12,15H,4-5,11H2,1-3H3,(H,20,23)(H,21,22). The number of nitrogens with zero attached hydrogens (tertiary/aromatic N) is 1. The third kappa shape index (κ3) is 4.82. The van der Waals surface area contributed by atoms with E-state index in [1.54, 1.807) is 12.1 Å². The number of carbonyl (C=O) groups excluding carboxylic acids is 2. The fourth-order valence-electron chi connectivity index (χ4n) is 2.29. The first-order valence-electron chi connectivity index (χ1n) is 7.89. The van der Waals surface area contributed by atoms with Crippen LogP contribution in [0.2, 0.25) is 0 Å². The summed E-state index contributed by atoms with van der Waals surface area (Å²) in [5.74, 6) is -0.353. The Balaban J connectivity index is 1.84. The van der Waals surface area contributed by atoms with Crippen molar-refractivity contribution in [3.05, 3.63) is 35.4 Å². The fraction of sp³-hybridized carbons (Fsp3) is 0.500. The van der Waals surface area contributed by atoms with E-state index in [1.807, 2.05) is 12.1 Å². The molecule has 0 bridgehead atoms. The van der Waals surface area contributed by atoms with Crippen LogP contribution in [0.5, 0.6) is 0 Å². The van der Waals surface area contributed by atoms with E-state index in [-0.39, 0.29) is 29.7 Å². The number of carbonyl (C=O) groups is 2. The summed E-state index contributed by atoms with van der Waals surface area (Å²) in [7, 11) is 0. The van der Waals surface area contributed by atoms with Crippen molar-refractivity contribution in [2.24, 2.45) is 5.92 Å². The molecular formula is C18H23N3O2. The van der Waals surface area contributed by atoms with Crippen molar-refractivity contribution >= 4 is 11.8 Å². The monoisotopic (exact) mass is 313 g/mol. The molecule has 2 N–H and O–H groups in total. The molecular weight excluding hydrogens is 290 g/mol. The molecule has 5 heteroatoms. The fourth-order valence-corrected chi connectivity index (χ4v) is 2.29. The number of hydrogen-bond donors (Lipinski definition) is 2. The van der Waals surface area contributed by atoms with Crippen molar-refractivity contribution in [3.63, 3.8) is 0 Å². The van der Waals surface area contributed by atoms with Gasteiger partial charge >= 0.3 is 0 Å². The maximum absolute atomic E-state index is 12.1. The van der Waals surface area contributed by atoms with Gasteiger partial charge in [-0.15, -0.1) is 0 Å². The Morgan fingerprint density at radius 3 is 2.35 bits per heavy atom. The lowest BCUT2D eigenvalue weighted by Gasteiger charge is -2.19. The van der Waals surface area contributed by atoms with Crippen LogP contribution < -0.4 is 10.6 Å². The van der Waals surface area contributed by atoms with Gasteiger partial charge in [0.25, 0.3) is 5.91 Å². The summed E-state index contributed by atoms with van der Waals surface area (Å²) in [5, 5.41) is 14.2. The van der Waals surface area contributed by atoms with Crippen LogP contribution in [-0.4, -0.2) is 24.4 Å². The van der Waals surface area contributed by atoms with Crippen LogP contribution >= 0.6 is 0 Å². The van der Waals surface area contributed by atoms with Crippen LogP contribution in [0, 0.1) is 17.2 Å². The Morgan fingerprint density at radius 1 is 1.26 bits per heavy atom. The molecule has 0 heterocycles. The van der Waals surface area contributed by atoms with Crippen LogP contribution in [0.4, 0.5) is 0 Å². The van der Waals surface area contributed by atoms with Crippen LogP contribution in [-0.2, 0) is 10.2 Å². The number of rotatable bonds is 5. The minimum absolute atomic E-state index is 0.0318. The molecule has 1 unspecified atom stereocenters. The van der Waals surface area contributed by atoms with E-state index in [9.17, 15) is 9.59 Å². The summed E-state index contributed by atoms with van der Waals surface area (Å²) in [6.45, 7) is 6.21. The normalized spacial score (nSPS) is 15.4. The van der Waals surface area contributed by atoms with Crippen molar-refractivity contribution in [1.29, 1.82) is 5.26 Å². The Labute approximate surface area is 137 Å². The zero-order chi connectivity index (χ0) is 17.0. The van der Waals surface area contributed by atoms with Crippen LogP contribution in [0.15, 0.2) is 24.3 Å². The van der Waals surface area contributed by atoms with Crippen LogP contribution in [0.3, 0.4) is 0 Å². The van der Waals surface area contributed by atoms with Crippen molar-refractivity contribution < 1.29 is 9.59 Å². The van der Waals surface area contributed by atoms with E-state index in [2.05, 4.69) is 37.5 Å². The zero-order valence-corrected chi connectivity index (χ0v) is 13.8. The SMILES string of the molecule is CC(C)(C)c1ccc(C(=O)NCC(=O)NC(C#N)C2CC2)cc1. The van der Waals surface area contributed by atoms with E-state index in [4.69, 9.17) is 5.26 Å². The minimum Gasteiger partial charge on any atom is -0.343 e. The van der Waals surface area contributed by atoms with Gasteiger partial charge in [-0.05, 0) is 41.9 Å². The molecule has 0 aliphatic heterocycles. The molecule has 1 saturated carbocycles. The predicted molar refractivity (Wildman–Crippen MR) is 87.7 cm³/mol. The summed E-state index contributed by atoms with van der Waals surface area (Å²) < 4.78 is 0. The van der Waals surface area contributed by atoms with Crippen molar-refractivity contribution in [3.8, 4) is 6.07 Å². The van der Waals surface area contributed by atoms with Gasteiger partial charge in [0.05, 0.1) is 12.6 Å². The number of amides is 2. The number of hydrogen-bond acceptors (Lipinski definition) is 3. The first kappa shape index (κ1) is 17.0. The third-order valence-corrected chi connectivity index (χ3v) is 3.97. The van der Waals surface area contributed by atoms with Crippen LogP contribution in [0.1, 0.15) is 49.5 Å². The lowest BCUT2D eigenvalue weighted by atomic mass is 9.87. The van der Waals surface area contributed by atoms with Crippen LogP contribution in [0.25, 0.3) is 0 Å². The predicted octanol–water partition coefficient (Wildman–Crippen LogP) is 2.13. The van der Waals surface area contributed by atoms with E-state index in [0.717, 1.165) is 18.4 Å². The lowest BCUT2D eigenvalue weighted by Crippen LogP contribution is -2.42. The van der Waals surface area contributed by atoms with Gasteiger partial charge in [-0.25, -0.2) is 0 Å². The molecule has 1 aromatic rings. The summed E-state index contributed by atoms with van der Waals surface area (Å²) in [6.07, 6.45) is 1.95. The van der Waals surface area contributed by atoms with Gasteiger partial charge in [-0.1, -0.05) is 32.9 Å². The average Bonchev–Trinajstić information content (AvgIpc) is 3.34. The Hall–Kier alpha value is -2.35. The molecule has 122 valence electrons. The molecule has 1 aliphatic carbocycles. The second kappa shape index (κ2) is 6.82. The molecule has 0 spiro atoms. The number of nitriles is 1. The van der Waals surface area contributed by atoms with E-state index in [1.165, 1.54) is 0 Å². The molecule has 23 heavy (non-hydrogen) atoms. The van der Waals surface area contributed by atoms with Gasteiger partial charge in [0.1, 0.15) is 6.04 Å². The molecule has 1 atom stereocenters. The lowest BCUT2D eigenvalue weighted by molar-refractivity contribution is -0.120. The first-order valence-corrected chi connectivity index (χ1v) is 7.89. The van der Waals surface area contributed by atoms with Gasteiger partial charge < -0.3 is 10.6 Å². The Morgan fingerprint density at radius 2 is 1.87 bits per heavy atom. The topological polar surface area (TPSA) is 82.0 Å². The van der Waals surface area contributed by atoms with E-state index >= 15 is 0 Å². The number of nitrogens with one attached hydrogen (secondary N) is 2. The average molecular weight is 313 g/mol. The quantitative estimate of drug-likeness (QED) is 0.873. The largest absolute Gasteiger partial charge is 0.343 e. The molecule has 1 fully saturated rings. The molecule has 1 aliphatic rings. The second-order valence-corrected chi connectivity index (χ2v) is 7.02. The Kier molecular flexibility index (Phi) is 5.05. The Bertz CT molecular complexity index is 619. The molecule has 2 amide bonds. The maximum atomic E-state index is 12.1. The van der Waals surface area contributed by atoms with Gasteiger partial charge in [0, 0.05) is 5.56 Å². The second-order valence-electron chi connectivity index (χ2n) is 7.02. The molecule has 5 nitrogen and oxygen atoms in total. The highest BCUT2D eigenvalue weighted by molar-refractivity contribution is 5.96. The third-order valence-electron chi connectivity index (χ3n) is 3.97. The molecule has 1 aromatic carbocycles. The van der Waals surface area contributed by atoms with Gasteiger partial charge in [0.2, 0.25) is 5.91 Å². The van der Waals surface area contributed by atoms with E-state index in [0.29, 0.717) is 5.56 Å². The number of benzene rings is 1. The molecule has 0 radical (unpaired) electrons. The molecule has 0 saturated heterocycles. The van der Waals surface area contributed by atoms with Gasteiger partial charge in [0.15, 0.2) is 0 Å². The highest BCUT2D eigenvalue weighted by Gasteiger charge is 2.32. The van der Waals surface area contributed by atoms with Crippen molar-refractivity contribution in [2.75, 3.05) is 6.54 Å². The van der Waals surface area contributed by atoms with Gasteiger partial charge in [-0.2, -0.15) is 5.26 Å². The first-order chi connectivity index (χ1) is 10.8.